The van der Waals surface area contributed by atoms with Crippen LogP contribution in [-0.2, 0) is 14.6 Å². The second-order valence-corrected chi connectivity index (χ2v) is 6.39. The Labute approximate surface area is 93.5 Å². The number of amides is 1. The van der Waals surface area contributed by atoms with Gasteiger partial charge in [-0.15, -0.1) is 0 Å². The Bertz CT molecular complexity index is 276. The van der Waals surface area contributed by atoms with Crippen LogP contribution in [-0.4, -0.2) is 38.2 Å². The van der Waals surface area contributed by atoms with Crippen molar-refractivity contribution in [3.63, 3.8) is 0 Å². The van der Waals surface area contributed by atoms with Crippen LogP contribution in [0.1, 0.15) is 13.3 Å². The lowest BCUT2D eigenvalue weighted by Gasteiger charge is -2.10. The van der Waals surface area contributed by atoms with Crippen LogP contribution in [0, 0.1) is 5.92 Å². The second-order valence-electron chi connectivity index (χ2n) is 3.46. The molecule has 1 amide bonds. The second kappa shape index (κ2) is 6.40. The van der Waals surface area contributed by atoms with E-state index in [2.05, 4.69) is 21.2 Å². The molecule has 0 aromatic rings. The first-order valence-corrected chi connectivity index (χ1v) is 7.53. The first kappa shape index (κ1) is 13.9. The third kappa shape index (κ3) is 8.50. The Morgan fingerprint density at radius 1 is 1.50 bits per heavy atom. The van der Waals surface area contributed by atoms with E-state index in [-0.39, 0.29) is 0 Å². The number of sulfone groups is 1. The van der Waals surface area contributed by atoms with Gasteiger partial charge in [-0.05, 0) is 12.3 Å². The van der Waals surface area contributed by atoms with Crippen LogP contribution >= 0.6 is 15.9 Å². The summed E-state index contributed by atoms with van der Waals surface area (Å²) in [5.41, 5.74) is 0. The van der Waals surface area contributed by atoms with Gasteiger partial charge in [0.2, 0.25) is 5.91 Å². The summed E-state index contributed by atoms with van der Waals surface area (Å²) in [5.74, 6) is -0.486. The minimum atomic E-state index is -3.20. The van der Waals surface area contributed by atoms with Gasteiger partial charge in [0.25, 0.3) is 0 Å². The van der Waals surface area contributed by atoms with Crippen LogP contribution in [0.15, 0.2) is 0 Å². The highest BCUT2D eigenvalue weighted by Gasteiger charge is 2.11. The van der Waals surface area contributed by atoms with Gasteiger partial charge < -0.3 is 5.32 Å². The largest absolute Gasteiger partial charge is 0.355 e. The van der Waals surface area contributed by atoms with Crippen molar-refractivity contribution in [1.82, 2.24) is 5.32 Å². The maximum Gasteiger partial charge on any atom is 0.235 e. The number of halogens is 1. The summed E-state index contributed by atoms with van der Waals surface area (Å²) in [7, 11) is -3.20. The highest BCUT2D eigenvalue weighted by Crippen LogP contribution is 2.02. The fourth-order valence-corrected chi connectivity index (χ4v) is 2.23. The summed E-state index contributed by atoms with van der Waals surface area (Å²) in [6.07, 6.45) is 2.01. The van der Waals surface area contributed by atoms with Crippen molar-refractivity contribution in [2.45, 2.75) is 13.3 Å². The normalized spacial score (nSPS) is 13.6. The molecule has 0 spiro atoms. The van der Waals surface area contributed by atoms with E-state index in [1.54, 1.807) is 0 Å². The molecule has 0 aliphatic carbocycles. The lowest BCUT2D eigenvalue weighted by molar-refractivity contribution is -0.118. The molecule has 0 radical (unpaired) electrons. The number of hydrogen-bond acceptors (Lipinski definition) is 3. The quantitative estimate of drug-likeness (QED) is 0.726. The number of carbonyl (C=O) groups excluding carboxylic acids is 1. The van der Waals surface area contributed by atoms with E-state index in [0.29, 0.717) is 12.5 Å². The Kier molecular flexibility index (Phi) is 6.35. The lowest BCUT2D eigenvalue weighted by atomic mass is 10.1. The fourth-order valence-electron chi connectivity index (χ4n) is 0.866. The van der Waals surface area contributed by atoms with Crippen LogP contribution in [0.25, 0.3) is 0 Å². The smallest absolute Gasteiger partial charge is 0.235 e. The molecular weight excluding hydrogens is 270 g/mol. The monoisotopic (exact) mass is 285 g/mol. The van der Waals surface area contributed by atoms with Gasteiger partial charge in [0.05, 0.1) is 0 Å². The van der Waals surface area contributed by atoms with Gasteiger partial charge >= 0.3 is 0 Å². The van der Waals surface area contributed by atoms with Crippen molar-refractivity contribution < 1.29 is 13.2 Å². The SMILES string of the molecule is CC(CCBr)CNC(=O)CS(C)(=O)=O. The molecule has 0 saturated heterocycles. The molecule has 14 heavy (non-hydrogen) atoms. The predicted molar refractivity (Wildman–Crippen MR) is 60.3 cm³/mol. The van der Waals surface area contributed by atoms with Crippen molar-refractivity contribution in [3.05, 3.63) is 0 Å². The van der Waals surface area contributed by atoms with Crippen LogP contribution in [0.5, 0.6) is 0 Å². The summed E-state index contributed by atoms with van der Waals surface area (Å²) < 4.78 is 21.5. The molecule has 0 aliphatic rings. The zero-order chi connectivity index (χ0) is 11.2. The molecule has 0 aromatic carbocycles. The number of rotatable bonds is 6. The van der Waals surface area contributed by atoms with E-state index in [9.17, 15) is 13.2 Å². The van der Waals surface area contributed by atoms with Crippen molar-refractivity contribution in [2.75, 3.05) is 23.9 Å². The van der Waals surface area contributed by atoms with Gasteiger partial charge in [0, 0.05) is 18.1 Å². The molecule has 6 heteroatoms. The van der Waals surface area contributed by atoms with Crippen LogP contribution in [0.3, 0.4) is 0 Å². The van der Waals surface area contributed by atoms with Gasteiger partial charge in [0.15, 0.2) is 9.84 Å². The van der Waals surface area contributed by atoms with Gasteiger partial charge in [-0.25, -0.2) is 8.42 Å². The van der Waals surface area contributed by atoms with E-state index in [0.717, 1.165) is 18.0 Å². The topological polar surface area (TPSA) is 63.2 Å². The number of nitrogens with one attached hydrogen (secondary N) is 1. The molecule has 4 nitrogen and oxygen atoms in total. The Morgan fingerprint density at radius 2 is 2.07 bits per heavy atom. The molecule has 1 atom stereocenters. The minimum Gasteiger partial charge on any atom is -0.355 e. The molecule has 0 aliphatic heterocycles. The molecule has 84 valence electrons. The highest BCUT2D eigenvalue weighted by molar-refractivity contribution is 9.09. The fraction of sp³-hybridized carbons (Fsp3) is 0.875. The van der Waals surface area contributed by atoms with Gasteiger partial charge in [0.1, 0.15) is 5.75 Å². The van der Waals surface area contributed by atoms with Gasteiger partial charge in [-0.3, -0.25) is 4.79 Å². The highest BCUT2D eigenvalue weighted by atomic mass is 79.9. The Morgan fingerprint density at radius 3 is 2.50 bits per heavy atom. The summed E-state index contributed by atoms with van der Waals surface area (Å²) in [6, 6.07) is 0. The summed E-state index contributed by atoms with van der Waals surface area (Å²) in [4.78, 5) is 11.1. The number of hydrogen-bond donors (Lipinski definition) is 1. The third-order valence-electron chi connectivity index (χ3n) is 1.64. The molecule has 0 bridgehead atoms. The van der Waals surface area contributed by atoms with Crippen LogP contribution in [0.4, 0.5) is 0 Å². The molecule has 1 unspecified atom stereocenters. The Balaban J connectivity index is 3.75. The Hall–Kier alpha value is -0.100. The summed E-state index contributed by atoms with van der Waals surface area (Å²) in [5, 5.41) is 3.47. The predicted octanol–water partition coefficient (Wildman–Crippen LogP) is 0.568. The van der Waals surface area contributed by atoms with E-state index in [1.807, 2.05) is 6.92 Å². The zero-order valence-corrected chi connectivity index (χ0v) is 10.8. The number of alkyl halides is 1. The third-order valence-corrected chi connectivity index (χ3v) is 2.89. The lowest BCUT2D eigenvalue weighted by Crippen LogP contribution is -2.33. The van der Waals surface area contributed by atoms with Crippen LogP contribution < -0.4 is 5.32 Å². The minimum absolute atomic E-state index is 0.359. The van der Waals surface area contributed by atoms with E-state index >= 15 is 0 Å². The summed E-state index contributed by atoms with van der Waals surface area (Å²) >= 11 is 3.30. The van der Waals surface area contributed by atoms with Gasteiger partial charge in [-0.2, -0.15) is 0 Å². The van der Waals surface area contributed by atoms with E-state index in [4.69, 9.17) is 0 Å². The molecule has 0 saturated carbocycles. The number of carbonyl (C=O) groups is 1. The van der Waals surface area contributed by atoms with E-state index in [1.165, 1.54) is 0 Å². The molecule has 0 rings (SSSR count). The molecule has 0 fully saturated rings. The van der Waals surface area contributed by atoms with Crippen molar-refractivity contribution in [1.29, 1.82) is 0 Å². The van der Waals surface area contributed by atoms with Crippen LogP contribution in [0.2, 0.25) is 0 Å². The standard InChI is InChI=1S/C8H16BrNO3S/c1-7(3-4-9)5-10-8(11)6-14(2,12)13/h7H,3-6H2,1-2H3,(H,10,11). The van der Waals surface area contributed by atoms with E-state index < -0.39 is 21.5 Å². The molecular formula is C8H16BrNO3S. The molecule has 0 aromatic heterocycles. The van der Waals surface area contributed by atoms with Crippen molar-refractivity contribution >= 4 is 31.7 Å². The zero-order valence-electron chi connectivity index (χ0n) is 8.42. The maximum absolute atomic E-state index is 11.1. The molecule has 1 N–H and O–H groups in total. The first-order chi connectivity index (χ1) is 6.35. The molecule has 0 heterocycles. The maximum atomic E-state index is 11.1. The summed E-state index contributed by atoms with van der Waals surface area (Å²) in [6.45, 7) is 2.53. The van der Waals surface area contributed by atoms with Crippen molar-refractivity contribution in [2.24, 2.45) is 5.92 Å². The van der Waals surface area contributed by atoms with Gasteiger partial charge in [-0.1, -0.05) is 22.9 Å². The first-order valence-electron chi connectivity index (χ1n) is 4.35. The average Bonchev–Trinajstić information content (AvgIpc) is 1.98. The average molecular weight is 286 g/mol. The van der Waals surface area contributed by atoms with Crippen molar-refractivity contribution in [3.8, 4) is 0 Å².